The first-order chi connectivity index (χ1) is 12.5. The Hall–Kier alpha value is -2.34. The van der Waals surface area contributed by atoms with Crippen molar-refractivity contribution in [2.45, 2.75) is 45.6 Å². The number of carbonyl (C=O) groups is 1. The van der Waals surface area contributed by atoms with Gasteiger partial charge < -0.3 is 9.64 Å². The molecule has 6 nitrogen and oxygen atoms in total. The molecule has 1 fully saturated rings. The van der Waals surface area contributed by atoms with Crippen LogP contribution in [0.15, 0.2) is 30.3 Å². The summed E-state index contributed by atoms with van der Waals surface area (Å²) in [5.41, 5.74) is 2.94. The van der Waals surface area contributed by atoms with Gasteiger partial charge >= 0.3 is 6.03 Å². The van der Waals surface area contributed by atoms with E-state index < -0.39 is 0 Å². The van der Waals surface area contributed by atoms with Crippen molar-refractivity contribution < 1.29 is 9.53 Å². The fraction of sp³-hybridized carbons (Fsp3) is 0.500. The monoisotopic (exact) mass is 356 g/mol. The van der Waals surface area contributed by atoms with Crippen molar-refractivity contribution in [2.24, 2.45) is 0 Å². The molecule has 1 saturated heterocycles. The van der Waals surface area contributed by atoms with Crippen molar-refractivity contribution in [3.05, 3.63) is 41.6 Å². The number of urea groups is 1. The molecule has 1 aromatic carbocycles. The van der Waals surface area contributed by atoms with Crippen LogP contribution in [0.3, 0.4) is 0 Å². The van der Waals surface area contributed by atoms with E-state index in [2.05, 4.69) is 10.4 Å². The Balaban J connectivity index is 1.61. The predicted octanol–water partition coefficient (Wildman–Crippen LogP) is 3.91. The lowest BCUT2D eigenvalue weighted by Gasteiger charge is -2.19. The number of aromatic nitrogens is 2. The van der Waals surface area contributed by atoms with Gasteiger partial charge in [0.2, 0.25) is 0 Å². The van der Waals surface area contributed by atoms with Crippen LogP contribution in [-0.4, -0.2) is 47.0 Å². The minimum Gasteiger partial charge on any atom is -0.378 e. The van der Waals surface area contributed by atoms with Gasteiger partial charge in [-0.05, 0) is 51.2 Å². The zero-order valence-corrected chi connectivity index (χ0v) is 15.9. The normalized spacial score (nSPS) is 16.7. The number of hydrogen-bond acceptors (Lipinski definition) is 3. The van der Waals surface area contributed by atoms with Gasteiger partial charge in [0.1, 0.15) is 5.82 Å². The van der Waals surface area contributed by atoms with E-state index in [0.717, 1.165) is 49.2 Å². The molecule has 1 atom stereocenters. The summed E-state index contributed by atoms with van der Waals surface area (Å²) in [5, 5.41) is 7.53. The summed E-state index contributed by atoms with van der Waals surface area (Å²) in [7, 11) is 1.83. The molecule has 26 heavy (non-hydrogen) atoms. The standard InChI is InChI=1S/C20H28N4O2/c1-15-8-4-5-11-18(15)24-19(14-16(2)22-24)21-20(25)23(3)12-6-9-17-10-7-13-26-17/h4-5,8,11,14,17H,6-7,9-10,12-13H2,1-3H3,(H,21,25)/t17-/m0/s1. The first kappa shape index (κ1) is 18.5. The molecule has 1 aliphatic rings. The quantitative estimate of drug-likeness (QED) is 0.854. The van der Waals surface area contributed by atoms with Gasteiger partial charge in [0.05, 0.1) is 17.5 Å². The summed E-state index contributed by atoms with van der Waals surface area (Å²) in [5.74, 6) is 0.688. The maximum absolute atomic E-state index is 12.6. The molecule has 0 saturated carbocycles. The predicted molar refractivity (Wildman–Crippen MR) is 103 cm³/mol. The van der Waals surface area contributed by atoms with Crippen LogP contribution in [0.1, 0.15) is 36.9 Å². The van der Waals surface area contributed by atoms with Crippen LogP contribution in [0, 0.1) is 13.8 Å². The highest BCUT2D eigenvalue weighted by Gasteiger charge is 2.17. The minimum absolute atomic E-state index is 0.118. The third kappa shape index (κ3) is 4.43. The summed E-state index contributed by atoms with van der Waals surface area (Å²) in [4.78, 5) is 14.3. The number of hydrogen-bond donors (Lipinski definition) is 1. The average Bonchev–Trinajstić information content (AvgIpc) is 3.25. The number of amides is 2. The molecule has 2 aromatic rings. The van der Waals surface area contributed by atoms with Crippen LogP contribution in [0.5, 0.6) is 0 Å². The fourth-order valence-corrected chi connectivity index (χ4v) is 3.31. The average molecular weight is 356 g/mol. The van der Waals surface area contributed by atoms with Crippen molar-refractivity contribution in [1.29, 1.82) is 0 Å². The van der Waals surface area contributed by atoms with Gasteiger partial charge in [0.25, 0.3) is 0 Å². The fourth-order valence-electron chi connectivity index (χ4n) is 3.31. The van der Waals surface area contributed by atoms with Crippen molar-refractivity contribution in [2.75, 3.05) is 25.5 Å². The lowest BCUT2D eigenvalue weighted by Crippen LogP contribution is -2.33. The number of para-hydroxylation sites is 1. The summed E-state index contributed by atoms with van der Waals surface area (Å²) >= 11 is 0. The second-order valence-electron chi connectivity index (χ2n) is 7.00. The molecule has 0 bridgehead atoms. The maximum Gasteiger partial charge on any atom is 0.322 e. The topological polar surface area (TPSA) is 59.4 Å². The maximum atomic E-state index is 12.6. The number of benzene rings is 1. The van der Waals surface area contributed by atoms with Gasteiger partial charge in [0.15, 0.2) is 0 Å². The Labute approximate surface area is 155 Å². The molecule has 140 valence electrons. The molecule has 0 spiro atoms. The highest BCUT2D eigenvalue weighted by atomic mass is 16.5. The number of ether oxygens (including phenoxy) is 1. The first-order valence-electron chi connectivity index (χ1n) is 9.31. The number of aryl methyl sites for hydroxylation is 2. The molecule has 0 unspecified atom stereocenters. The van der Waals surface area contributed by atoms with E-state index in [-0.39, 0.29) is 6.03 Å². The van der Waals surface area contributed by atoms with Gasteiger partial charge in [0, 0.05) is 26.3 Å². The largest absolute Gasteiger partial charge is 0.378 e. The minimum atomic E-state index is -0.118. The Morgan fingerprint density at radius 3 is 2.92 bits per heavy atom. The summed E-state index contributed by atoms with van der Waals surface area (Å²) < 4.78 is 7.43. The van der Waals surface area contributed by atoms with Crippen molar-refractivity contribution in [1.82, 2.24) is 14.7 Å². The van der Waals surface area contributed by atoms with Crippen LogP contribution in [0.2, 0.25) is 0 Å². The van der Waals surface area contributed by atoms with Crippen LogP contribution in [0.25, 0.3) is 5.69 Å². The van der Waals surface area contributed by atoms with E-state index in [1.807, 2.05) is 51.2 Å². The first-order valence-corrected chi connectivity index (χ1v) is 9.31. The van der Waals surface area contributed by atoms with Gasteiger partial charge in [-0.3, -0.25) is 5.32 Å². The Morgan fingerprint density at radius 1 is 1.38 bits per heavy atom. The van der Waals surface area contributed by atoms with E-state index in [9.17, 15) is 4.79 Å². The Kier molecular flexibility index (Phi) is 5.93. The van der Waals surface area contributed by atoms with Crippen molar-refractivity contribution in [3.63, 3.8) is 0 Å². The zero-order valence-electron chi connectivity index (χ0n) is 15.9. The number of rotatable bonds is 6. The van der Waals surface area contributed by atoms with Crippen LogP contribution >= 0.6 is 0 Å². The van der Waals surface area contributed by atoms with E-state index in [1.165, 1.54) is 0 Å². The highest BCUT2D eigenvalue weighted by molar-refractivity contribution is 5.88. The number of anilines is 1. The lowest BCUT2D eigenvalue weighted by molar-refractivity contribution is 0.101. The van der Waals surface area contributed by atoms with Gasteiger partial charge in [-0.15, -0.1) is 0 Å². The lowest BCUT2D eigenvalue weighted by atomic mass is 10.1. The van der Waals surface area contributed by atoms with Crippen molar-refractivity contribution in [3.8, 4) is 5.69 Å². The SMILES string of the molecule is Cc1cc(NC(=O)N(C)CCC[C@H]2CCCO2)n(-c2ccccc2C)n1. The zero-order chi connectivity index (χ0) is 18.5. The van der Waals surface area contributed by atoms with E-state index in [4.69, 9.17) is 4.74 Å². The van der Waals surface area contributed by atoms with E-state index in [0.29, 0.717) is 18.5 Å². The third-order valence-electron chi connectivity index (χ3n) is 4.80. The molecule has 2 amide bonds. The number of nitrogens with zero attached hydrogens (tertiary/aromatic N) is 3. The molecular formula is C20H28N4O2. The Morgan fingerprint density at radius 2 is 2.19 bits per heavy atom. The molecule has 2 heterocycles. The Bertz CT molecular complexity index is 750. The molecule has 0 aliphatic carbocycles. The van der Waals surface area contributed by atoms with E-state index in [1.54, 1.807) is 9.58 Å². The molecular weight excluding hydrogens is 328 g/mol. The molecule has 1 aliphatic heterocycles. The summed E-state index contributed by atoms with van der Waals surface area (Å²) in [6, 6.07) is 9.78. The molecule has 0 radical (unpaired) electrons. The number of nitrogens with one attached hydrogen (secondary N) is 1. The molecule has 1 aromatic heterocycles. The highest BCUT2D eigenvalue weighted by Crippen LogP contribution is 2.21. The smallest absolute Gasteiger partial charge is 0.322 e. The molecule has 6 heteroatoms. The van der Waals surface area contributed by atoms with E-state index >= 15 is 0 Å². The summed E-state index contributed by atoms with van der Waals surface area (Å²) in [6.07, 6.45) is 4.63. The van der Waals surface area contributed by atoms with Gasteiger partial charge in [-0.1, -0.05) is 18.2 Å². The second-order valence-corrected chi connectivity index (χ2v) is 7.00. The van der Waals surface area contributed by atoms with Crippen molar-refractivity contribution >= 4 is 11.8 Å². The van der Waals surface area contributed by atoms with Crippen LogP contribution in [0.4, 0.5) is 10.6 Å². The number of carbonyl (C=O) groups excluding carboxylic acids is 1. The second kappa shape index (κ2) is 8.36. The van der Waals surface area contributed by atoms with Crippen LogP contribution < -0.4 is 5.32 Å². The third-order valence-corrected chi connectivity index (χ3v) is 4.80. The van der Waals surface area contributed by atoms with Gasteiger partial charge in [-0.2, -0.15) is 5.10 Å². The van der Waals surface area contributed by atoms with Gasteiger partial charge in [-0.25, -0.2) is 9.48 Å². The summed E-state index contributed by atoms with van der Waals surface area (Å²) in [6.45, 7) is 5.55. The molecule has 3 rings (SSSR count). The van der Waals surface area contributed by atoms with Crippen LogP contribution in [-0.2, 0) is 4.74 Å². The molecule has 1 N–H and O–H groups in total.